The number of hydrogen-bond donors (Lipinski definition) is 1. The Balaban J connectivity index is 1.69. The molecule has 1 atom stereocenters. The van der Waals surface area contributed by atoms with Crippen LogP contribution in [0.5, 0.6) is 0 Å². The van der Waals surface area contributed by atoms with Gasteiger partial charge in [0, 0.05) is 35.6 Å². The van der Waals surface area contributed by atoms with Crippen LogP contribution >= 0.6 is 11.3 Å². The van der Waals surface area contributed by atoms with Crippen molar-refractivity contribution >= 4 is 27.4 Å². The fourth-order valence-corrected chi connectivity index (χ4v) is 3.96. The molecule has 0 saturated carbocycles. The lowest BCUT2D eigenvalue weighted by molar-refractivity contribution is 0.487. The molecular weight excluding hydrogens is 308 g/mol. The second-order valence-corrected chi connectivity index (χ2v) is 6.49. The van der Waals surface area contributed by atoms with Gasteiger partial charge >= 0.3 is 0 Å². The number of rotatable bonds is 2. The van der Waals surface area contributed by atoms with Crippen molar-refractivity contribution in [3.05, 3.63) is 65.4 Å². The van der Waals surface area contributed by atoms with Crippen LogP contribution in [0.2, 0.25) is 0 Å². The minimum atomic E-state index is -0.0384. The summed E-state index contributed by atoms with van der Waals surface area (Å²) in [5.41, 5.74) is 3.12. The van der Waals surface area contributed by atoms with Crippen LogP contribution in [0.15, 0.2) is 52.7 Å². The van der Waals surface area contributed by atoms with Crippen LogP contribution in [0.4, 0.5) is 5.13 Å². The third-order valence-corrected chi connectivity index (χ3v) is 5.11. The third kappa shape index (κ3) is 1.98. The average Bonchev–Trinajstić information content (AvgIpc) is 3.32. The predicted octanol–water partition coefficient (Wildman–Crippen LogP) is 3.76. The van der Waals surface area contributed by atoms with Crippen LogP contribution in [-0.2, 0) is 6.42 Å². The molecule has 0 bridgehead atoms. The Labute approximate surface area is 136 Å². The van der Waals surface area contributed by atoms with Crippen LogP contribution in [0, 0.1) is 0 Å². The zero-order valence-corrected chi connectivity index (χ0v) is 13.1. The smallest absolute Gasteiger partial charge is 0.186 e. The van der Waals surface area contributed by atoms with Gasteiger partial charge in [-0.15, -0.1) is 11.3 Å². The largest absolute Gasteiger partial charge is 0.458 e. The first-order chi connectivity index (χ1) is 11.4. The molecule has 1 aliphatic heterocycles. The zero-order valence-electron chi connectivity index (χ0n) is 12.3. The molecule has 4 heterocycles. The van der Waals surface area contributed by atoms with Crippen molar-refractivity contribution in [2.24, 2.45) is 0 Å². The van der Waals surface area contributed by atoms with Gasteiger partial charge in [-0.05, 0) is 12.1 Å². The molecule has 3 aromatic heterocycles. The summed E-state index contributed by atoms with van der Waals surface area (Å²) < 4.78 is 6.14. The quantitative estimate of drug-likeness (QED) is 0.610. The maximum absolute atomic E-state index is 6.14. The molecule has 6 heteroatoms. The molecule has 1 aliphatic rings. The molecule has 23 heavy (non-hydrogen) atoms. The number of anilines is 1. The first kappa shape index (κ1) is 12.9. The minimum absolute atomic E-state index is 0.0384. The topological polar surface area (TPSA) is 58.0 Å². The number of benzene rings is 1. The number of fused-ring (bicyclic) bond motifs is 2. The summed E-state index contributed by atoms with van der Waals surface area (Å²) in [5, 5.41) is 4.12. The fourth-order valence-electron chi connectivity index (χ4n) is 3.27. The fraction of sp³-hybridized carbons (Fsp3) is 0.176. The van der Waals surface area contributed by atoms with Crippen molar-refractivity contribution in [3.8, 4) is 0 Å². The highest BCUT2D eigenvalue weighted by atomic mass is 32.1. The Bertz CT molecular complexity index is 923. The van der Waals surface area contributed by atoms with Gasteiger partial charge < -0.3 is 14.3 Å². The van der Waals surface area contributed by atoms with Gasteiger partial charge in [0.25, 0.3) is 0 Å². The number of nitrogens with one attached hydrogen (secondary N) is 1. The van der Waals surface area contributed by atoms with Gasteiger partial charge in [0.1, 0.15) is 17.4 Å². The van der Waals surface area contributed by atoms with Crippen molar-refractivity contribution < 1.29 is 4.42 Å². The Hall–Kier alpha value is -2.60. The molecule has 1 aromatic carbocycles. The van der Waals surface area contributed by atoms with Crippen LogP contribution in [0.25, 0.3) is 11.0 Å². The summed E-state index contributed by atoms with van der Waals surface area (Å²) in [6.07, 6.45) is 4.55. The maximum atomic E-state index is 6.14. The number of aromatic nitrogens is 3. The highest BCUT2D eigenvalue weighted by Crippen LogP contribution is 2.39. The van der Waals surface area contributed by atoms with E-state index in [0.717, 1.165) is 40.5 Å². The molecule has 5 rings (SSSR count). The van der Waals surface area contributed by atoms with E-state index in [-0.39, 0.29) is 6.04 Å². The van der Waals surface area contributed by atoms with E-state index in [0.29, 0.717) is 0 Å². The summed E-state index contributed by atoms with van der Waals surface area (Å²) in [6.45, 7) is 0.893. The second-order valence-electron chi connectivity index (χ2n) is 5.61. The lowest BCUT2D eigenvalue weighted by Gasteiger charge is -2.33. The van der Waals surface area contributed by atoms with Crippen molar-refractivity contribution in [2.45, 2.75) is 12.5 Å². The first-order valence-corrected chi connectivity index (χ1v) is 8.45. The molecule has 114 valence electrons. The zero-order chi connectivity index (χ0) is 15.2. The number of hydrogen-bond acceptors (Lipinski definition) is 5. The van der Waals surface area contributed by atoms with Crippen molar-refractivity contribution in [2.75, 3.05) is 11.4 Å². The van der Waals surface area contributed by atoms with Crippen molar-refractivity contribution in [3.63, 3.8) is 0 Å². The summed E-state index contributed by atoms with van der Waals surface area (Å²) in [7, 11) is 0. The SMILES string of the molecule is c1ccc2oc([C@H]3c4nc[nH]c4CCN3c3nccs3)cc2c1. The lowest BCUT2D eigenvalue weighted by Crippen LogP contribution is -2.36. The Morgan fingerprint density at radius 1 is 1.26 bits per heavy atom. The number of imidazole rings is 1. The number of para-hydroxylation sites is 1. The minimum Gasteiger partial charge on any atom is -0.458 e. The van der Waals surface area contributed by atoms with Gasteiger partial charge in [-0.1, -0.05) is 18.2 Å². The van der Waals surface area contributed by atoms with Gasteiger partial charge in [0.05, 0.1) is 12.0 Å². The molecule has 0 aliphatic carbocycles. The van der Waals surface area contributed by atoms with Crippen LogP contribution in [0.1, 0.15) is 23.2 Å². The summed E-state index contributed by atoms with van der Waals surface area (Å²) >= 11 is 1.65. The molecule has 0 unspecified atom stereocenters. The first-order valence-electron chi connectivity index (χ1n) is 7.57. The molecular formula is C17H14N4OS. The highest BCUT2D eigenvalue weighted by Gasteiger charge is 2.34. The second kappa shape index (κ2) is 4.96. The van der Waals surface area contributed by atoms with E-state index >= 15 is 0 Å². The highest BCUT2D eigenvalue weighted by molar-refractivity contribution is 7.13. The van der Waals surface area contributed by atoms with E-state index in [1.54, 1.807) is 17.7 Å². The van der Waals surface area contributed by atoms with E-state index in [1.807, 2.05) is 29.8 Å². The van der Waals surface area contributed by atoms with Gasteiger partial charge in [0.2, 0.25) is 0 Å². The monoisotopic (exact) mass is 322 g/mol. The van der Waals surface area contributed by atoms with E-state index in [4.69, 9.17) is 4.42 Å². The molecule has 0 amide bonds. The Morgan fingerprint density at radius 3 is 3.09 bits per heavy atom. The molecule has 0 spiro atoms. The number of aromatic amines is 1. The Morgan fingerprint density at radius 2 is 2.22 bits per heavy atom. The average molecular weight is 322 g/mol. The van der Waals surface area contributed by atoms with E-state index < -0.39 is 0 Å². The molecule has 0 fully saturated rings. The number of nitrogens with zero attached hydrogens (tertiary/aromatic N) is 3. The van der Waals surface area contributed by atoms with Crippen molar-refractivity contribution in [1.82, 2.24) is 15.0 Å². The van der Waals surface area contributed by atoms with Gasteiger partial charge in [0.15, 0.2) is 5.13 Å². The molecule has 5 nitrogen and oxygen atoms in total. The normalized spacial score (nSPS) is 17.6. The summed E-state index contributed by atoms with van der Waals surface area (Å²) in [5.74, 6) is 0.912. The third-order valence-electron chi connectivity index (χ3n) is 4.30. The molecule has 0 saturated heterocycles. The number of thiazole rings is 1. The van der Waals surface area contributed by atoms with Gasteiger partial charge in [-0.2, -0.15) is 0 Å². The maximum Gasteiger partial charge on any atom is 0.186 e. The summed E-state index contributed by atoms with van der Waals surface area (Å²) in [6, 6.07) is 10.2. The standard InChI is InChI=1S/C17H14N4OS/c1-2-4-13-11(3-1)9-14(22-13)16-15-12(19-10-20-15)5-7-21(16)17-18-6-8-23-17/h1-4,6,8-10,16H,5,7H2,(H,19,20)/t16-/m0/s1. The molecule has 1 N–H and O–H groups in total. The molecule has 4 aromatic rings. The number of furan rings is 1. The van der Waals surface area contributed by atoms with Crippen molar-refractivity contribution in [1.29, 1.82) is 0 Å². The Kier molecular flexibility index (Phi) is 2.78. The summed E-state index contributed by atoms with van der Waals surface area (Å²) in [4.78, 5) is 14.6. The van der Waals surface area contributed by atoms with Crippen LogP contribution in [0.3, 0.4) is 0 Å². The van der Waals surface area contributed by atoms with E-state index in [1.165, 1.54) is 5.69 Å². The predicted molar refractivity (Wildman–Crippen MR) is 89.8 cm³/mol. The van der Waals surface area contributed by atoms with Gasteiger partial charge in [-0.25, -0.2) is 9.97 Å². The van der Waals surface area contributed by atoms with Crippen LogP contribution < -0.4 is 4.90 Å². The van der Waals surface area contributed by atoms with Gasteiger partial charge in [-0.3, -0.25) is 0 Å². The lowest BCUT2D eigenvalue weighted by atomic mass is 10.0. The molecule has 0 radical (unpaired) electrons. The number of H-pyrrole nitrogens is 1. The van der Waals surface area contributed by atoms with E-state index in [2.05, 4.69) is 32.0 Å². The van der Waals surface area contributed by atoms with E-state index in [9.17, 15) is 0 Å². The van der Waals surface area contributed by atoms with Crippen LogP contribution in [-0.4, -0.2) is 21.5 Å².